The van der Waals surface area contributed by atoms with Crippen molar-refractivity contribution in [2.75, 3.05) is 29.3 Å². The topological polar surface area (TPSA) is 48.5 Å². The minimum Gasteiger partial charge on any atom is -0.342 e. The van der Waals surface area contributed by atoms with Gasteiger partial charge in [0.15, 0.2) is 0 Å². The van der Waals surface area contributed by atoms with E-state index in [2.05, 4.69) is 83.9 Å². The van der Waals surface area contributed by atoms with E-state index in [0.29, 0.717) is 11.8 Å². The lowest BCUT2D eigenvalue weighted by atomic mass is 9.95. The van der Waals surface area contributed by atoms with Crippen LogP contribution in [-0.2, 0) is 4.79 Å². The highest BCUT2D eigenvalue weighted by molar-refractivity contribution is 8.01. The Hall–Kier alpha value is -2.25. The van der Waals surface area contributed by atoms with Gasteiger partial charge in [-0.15, -0.1) is 11.8 Å². The Labute approximate surface area is 254 Å². The summed E-state index contributed by atoms with van der Waals surface area (Å²) in [5.41, 5.74) is 4.78. The molecule has 1 aromatic heterocycles. The third kappa shape index (κ3) is 12.9. The molecule has 1 saturated carbocycles. The lowest BCUT2D eigenvalue weighted by Crippen LogP contribution is -2.41. The second kappa shape index (κ2) is 21.5. The Morgan fingerprint density at radius 1 is 1.05 bits per heavy atom. The first-order valence-corrected chi connectivity index (χ1v) is 17.3. The van der Waals surface area contributed by atoms with Crippen LogP contribution in [0.25, 0.3) is 0 Å². The fraction of sp³-hybridized carbons (Fsp3) is 0.576. The summed E-state index contributed by atoms with van der Waals surface area (Å²) in [6, 6.07) is 11.0. The molecule has 0 saturated heterocycles. The first-order valence-electron chi connectivity index (χ1n) is 15.5. The number of carbonyl (C=O) groups excluding carboxylic acids is 1. The van der Waals surface area contributed by atoms with Crippen LogP contribution in [0.4, 0.5) is 10.8 Å². The number of benzene rings is 1. The predicted molar refractivity (Wildman–Crippen MR) is 180 cm³/mol. The van der Waals surface area contributed by atoms with E-state index in [-0.39, 0.29) is 7.33 Å². The fourth-order valence-corrected chi connectivity index (χ4v) is 6.53. The second-order valence-corrected chi connectivity index (χ2v) is 12.2. The van der Waals surface area contributed by atoms with Crippen molar-refractivity contribution >= 4 is 39.8 Å². The maximum absolute atomic E-state index is 13.0. The highest BCUT2D eigenvalue weighted by atomic mass is 32.2. The van der Waals surface area contributed by atoms with Crippen molar-refractivity contribution in [2.45, 2.75) is 109 Å². The molecule has 40 heavy (non-hydrogen) atoms. The number of unbranched alkanes of at least 4 members (excludes halogenated alkanes) is 3. The molecule has 224 valence electrons. The number of anilines is 2. The normalized spacial score (nSPS) is 13.8. The van der Waals surface area contributed by atoms with E-state index in [1.165, 1.54) is 44.2 Å². The summed E-state index contributed by atoms with van der Waals surface area (Å²) >= 11 is 3.25. The van der Waals surface area contributed by atoms with E-state index < -0.39 is 0 Å². The lowest BCUT2D eigenvalue weighted by Gasteiger charge is -2.35. The molecule has 1 N–H and O–H groups in total. The Morgan fingerprint density at radius 3 is 2.52 bits per heavy atom. The molecule has 0 atom stereocenters. The van der Waals surface area contributed by atoms with Gasteiger partial charge in [-0.1, -0.05) is 107 Å². The summed E-state index contributed by atoms with van der Waals surface area (Å²) in [7, 11) is 0. The molecule has 5 nitrogen and oxygen atoms in total. The summed E-state index contributed by atoms with van der Waals surface area (Å²) in [6.07, 6.45) is 23.4. The molecule has 0 bridgehead atoms. The average molecular weight is 587 g/mol. The molecule has 0 unspecified atom stereocenters. The quantitative estimate of drug-likeness (QED) is 0.0865. The highest BCUT2D eigenvalue weighted by Gasteiger charge is 2.23. The number of hydrogen-bond donors (Lipinski definition) is 1. The Balaban J connectivity index is 0.00000274. The van der Waals surface area contributed by atoms with Crippen molar-refractivity contribution in [3.63, 3.8) is 0 Å². The van der Waals surface area contributed by atoms with Crippen LogP contribution in [0.3, 0.4) is 0 Å². The summed E-state index contributed by atoms with van der Waals surface area (Å²) in [4.78, 5) is 19.7. The standard InChI is InChI=1S/C31H46N4OS2.C2H6.H2/c1-3-5-6-7-8-9-10-11-18-24-34(23-4-2)29(36)26-37-30-25-32-31(38-30)33-35(27-19-14-12-15-20-27)28-21-16-13-17-22-28;1-2;/h5-8,12,14-15,19-20,25,28H,3-4,9-11,13,16-18,21-24,26H2,1-2H3,(H,32,33);1-2H3;1H/b6-5-,8-7-;;. The first kappa shape index (κ1) is 34.0. The van der Waals surface area contributed by atoms with Crippen molar-refractivity contribution in [1.82, 2.24) is 9.88 Å². The highest BCUT2D eigenvalue weighted by Crippen LogP contribution is 2.32. The Morgan fingerprint density at radius 2 is 1.80 bits per heavy atom. The van der Waals surface area contributed by atoms with Crippen molar-refractivity contribution in [2.24, 2.45) is 0 Å². The maximum Gasteiger partial charge on any atom is 0.232 e. The van der Waals surface area contributed by atoms with Gasteiger partial charge in [-0.05, 0) is 57.1 Å². The second-order valence-electron chi connectivity index (χ2n) is 9.88. The molecule has 1 fully saturated rings. The average Bonchev–Trinajstić information content (AvgIpc) is 3.46. The number of thiazole rings is 1. The van der Waals surface area contributed by atoms with Crippen LogP contribution in [0.2, 0.25) is 0 Å². The van der Waals surface area contributed by atoms with Crippen molar-refractivity contribution in [3.8, 4) is 0 Å². The number of carbonyl (C=O) groups is 1. The molecule has 3 rings (SSSR count). The van der Waals surface area contributed by atoms with Gasteiger partial charge in [0.25, 0.3) is 0 Å². The van der Waals surface area contributed by atoms with Crippen molar-refractivity contribution in [1.29, 1.82) is 0 Å². The molecule has 2 aromatic rings. The fourth-order valence-electron chi connectivity index (χ4n) is 4.76. The van der Waals surface area contributed by atoms with Crippen LogP contribution in [-0.4, -0.2) is 40.7 Å². The number of aromatic nitrogens is 1. The number of hydrogen-bond acceptors (Lipinski definition) is 6. The Bertz CT molecular complexity index is 977. The summed E-state index contributed by atoms with van der Waals surface area (Å²) < 4.78 is 1.08. The molecule has 7 heteroatoms. The number of nitrogens with one attached hydrogen (secondary N) is 1. The van der Waals surface area contributed by atoms with Gasteiger partial charge in [0.2, 0.25) is 11.0 Å². The molecule has 1 aliphatic rings. The van der Waals surface area contributed by atoms with Gasteiger partial charge in [0, 0.05) is 14.5 Å². The van der Waals surface area contributed by atoms with Gasteiger partial charge >= 0.3 is 0 Å². The van der Waals surface area contributed by atoms with E-state index >= 15 is 0 Å². The van der Waals surface area contributed by atoms with Crippen molar-refractivity contribution < 1.29 is 6.22 Å². The molecular weight excluding hydrogens is 533 g/mol. The molecule has 1 aliphatic carbocycles. The zero-order valence-electron chi connectivity index (χ0n) is 25.3. The van der Waals surface area contributed by atoms with E-state index in [1.807, 2.05) is 24.9 Å². The number of allylic oxidation sites excluding steroid dienone is 4. The molecule has 0 radical (unpaired) electrons. The van der Waals surface area contributed by atoms with Crippen LogP contribution in [0, 0.1) is 0 Å². The van der Waals surface area contributed by atoms with Crippen LogP contribution < -0.4 is 10.4 Å². The third-order valence-electron chi connectivity index (χ3n) is 6.78. The molecule has 1 amide bonds. The Kier molecular flexibility index (Phi) is 18.2. The molecule has 0 aliphatic heterocycles. The van der Waals surface area contributed by atoms with Crippen LogP contribution >= 0.6 is 23.1 Å². The summed E-state index contributed by atoms with van der Waals surface area (Å²) in [5, 5.41) is 3.19. The van der Waals surface area contributed by atoms with Crippen LogP contribution in [0.15, 0.2) is 65.0 Å². The van der Waals surface area contributed by atoms with Crippen LogP contribution in [0.5, 0.6) is 0 Å². The van der Waals surface area contributed by atoms with E-state index in [9.17, 15) is 4.79 Å². The van der Waals surface area contributed by atoms with Crippen molar-refractivity contribution in [3.05, 3.63) is 60.8 Å². The minimum atomic E-state index is 0. The predicted octanol–water partition coefficient (Wildman–Crippen LogP) is 9.99. The van der Waals surface area contributed by atoms with Gasteiger partial charge in [0.05, 0.1) is 27.9 Å². The SMILES string of the molecule is CC.CC/C=C\C=C/CCCCCN(CCC)C(=O)CSc1cnc(NN(c2ccccc2)C2CCCCC2)s1.[HH]. The number of thioether (sulfide) groups is 1. The van der Waals surface area contributed by atoms with E-state index in [4.69, 9.17) is 0 Å². The number of nitrogens with zero attached hydrogens (tertiary/aromatic N) is 3. The maximum atomic E-state index is 13.0. The van der Waals surface area contributed by atoms with E-state index in [1.54, 1.807) is 23.1 Å². The summed E-state index contributed by atoms with van der Waals surface area (Å²) in [5.74, 6) is 0.705. The first-order chi connectivity index (χ1) is 19.7. The monoisotopic (exact) mass is 586 g/mol. The molecule has 1 aromatic carbocycles. The molecule has 0 spiro atoms. The van der Waals surface area contributed by atoms with Gasteiger partial charge in [0.1, 0.15) is 0 Å². The van der Waals surface area contributed by atoms with Gasteiger partial charge < -0.3 is 4.90 Å². The number of rotatable bonds is 17. The largest absolute Gasteiger partial charge is 0.342 e. The van der Waals surface area contributed by atoms with Gasteiger partial charge in [-0.25, -0.2) is 4.98 Å². The summed E-state index contributed by atoms with van der Waals surface area (Å²) in [6.45, 7) is 9.99. The van der Waals surface area contributed by atoms with Gasteiger partial charge in [-0.2, -0.15) is 0 Å². The zero-order chi connectivity index (χ0) is 28.8. The smallest absolute Gasteiger partial charge is 0.232 e. The lowest BCUT2D eigenvalue weighted by molar-refractivity contribution is -0.128. The van der Waals surface area contributed by atoms with E-state index in [0.717, 1.165) is 54.5 Å². The molecular formula is C33H54N4OS2. The zero-order valence-corrected chi connectivity index (χ0v) is 26.9. The minimum absolute atomic E-state index is 0. The number of para-hydroxylation sites is 1. The van der Waals surface area contributed by atoms with Gasteiger partial charge in [-0.3, -0.25) is 15.2 Å². The van der Waals surface area contributed by atoms with Crippen LogP contribution in [0.1, 0.15) is 99.8 Å². The number of amides is 1. The number of hydrazine groups is 1. The molecule has 1 heterocycles. The third-order valence-corrected chi connectivity index (χ3v) is 8.86.